The van der Waals surface area contributed by atoms with E-state index in [0.29, 0.717) is 25.2 Å². The molecule has 0 fully saturated rings. The number of para-hydroxylation sites is 1. The molecule has 2 unspecified atom stereocenters. The van der Waals surface area contributed by atoms with Crippen molar-refractivity contribution >= 4 is 11.8 Å². The zero-order valence-electron chi connectivity index (χ0n) is 22.5. The van der Waals surface area contributed by atoms with Crippen molar-refractivity contribution in [2.75, 3.05) is 0 Å². The summed E-state index contributed by atoms with van der Waals surface area (Å²) in [5, 5.41) is 16.8. The van der Waals surface area contributed by atoms with Crippen molar-refractivity contribution in [2.45, 2.75) is 71.6 Å². The molecule has 7 nitrogen and oxygen atoms in total. The third kappa shape index (κ3) is 8.61. The van der Waals surface area contributed by atoms with E-state index in [9.17, 15) is 14.7 Å². The highest BCUT2D eigenvalue weighted by Crippen LogP contribution is 2.31. The van der Waals surface area contributed by atoms with Gasteiger partial charge in [0, 0.05) is 18.4 Å². The van der Waals surface area contributed by atoms with E-state index in [1.165, 1.54) is 0 Å². The van der Waals surface area contributed by atoms with Crippen molar-refractivity contribution < 1.29 is 19.4 Å². The van der Waals surface area contributed by atoms with E-state index in [4.69, 9.17) is 4.74 Å². The summed E-state index contributed by atoms with van der Waals surface area (Å²) in [4.78, 5) is 30.0. The van der Waals surface area contributed by atoms with Crippen LogP contribution in [-0.2, 0) is 29.0 Å². The number of carbonyl (C=O) groups is 2. The number of amides is 2. The van der Waals surface area contributed by atoms with E-state index in [1.54, 1.807) is 24.5 Å². The van der Waals surface area contributed by atoms with Gasteiger partial charge in [-0.05, 0) is 54.0 Å². The number of aryl methyl sites for hydroxylation is 1. The second kappa shape index (κ2) is 14.8. The molecule has 0 aliphatic carbocycles. The number of rotatable bonds is 14. The van der Waals surface area contributed by atoms with Crippen molar-refractivity contribution in [1.29, 1.82) is 0 Å². The highest BCUT2D eigenvalue weighted by Gasteiger charge is 2.27. The molecule has 0 radical (unpaired) electrons. The van der Waals surface area contributed by atoms with E-state index in [2.05, 4.69) is 15.6 Å². The molecule has 7 heteroatoms. The Morgan fingerprint density at radius 3 is 2.39 bits per heavy atom. The topological polar surface area (TPSA) is 101 Å². The minimum Gasteiger partial charge on any atom is -0.504 e. The summed E-state index contributed by atoms with van der Waals surface area (Å²) in [7, 11) is 0. The van der Waals surface area contributed by atoms with Crippen LogP contribution in [0.3, 0.4) is 0 Å². The van der Waals surface area contributed by atoms with Crippen LogP contribution in [0.25, 0.3) is 0 Å². The Labute approximate surface area is 225 Å². The van der Waals surface area contributed by atoms with Crippen molar-refractivity contribution in [1.82, 2.24) is 15.6 Å². The average molecular weight is 518 g/mol. The fraction of sp³-hybridized carbons (Fsp3) is 0.387. The van der Waals surface area contributed by atoms with Gasteiger partial charge in [0.1, 0.15) is 12.6 Å². The summed E-state index contributed by atoms with van der Waals surface area (Å²) in [6.07, 6.45) is 6.20. The molecule has 2 aromatic carbocycles. The minimum atomic E-state index is -0.624. The summed E-state index contributed by atoms with van der Waals surface area (Å²) in [6, 6.07) is 18.2. The van der Waals surface area contributed by atoms with Gasteiger partial charge in [0.2, 0.25) is 11.8 Å². The number of phenols is 1. The Morgan fingerprint density at radius 1 is 0.947 bits per heavy atom. The first kappa shape index (κ1) is 28.7. The maximum absolute atomic E-state index is 13.2. The third-order valence-corrected chi connectivity index (χ3v) is 6.82. The number of nitrogens with zero attached hydrogens (tertiary/aromatic N) is 1. The van der Waals surface area contributed by atoms with Gasteiger partial charge in [-0.15, -0.1) is 0 Å². The molecule has 0 aliphatic heterocycles. The lowest BCUT2D eigenvalue weighted by atomic mass is 9.96. The Balaban J connectivity index is 1.58. The van der Waals surface area contributed by atoms with Crippen LogP contribution in [0, 0.1) is 5.92 Å². The van der Waals surface area contributed by atoms with Gasteiger partial charge >= 0.3 is 0 Å². The SMILES string of the molecule is CCC(CCc1cccc(OCc2ccccc2)c1O)NC(=O)[C@@H](NC(=O)Cc1cccnc1)C(C)CC. The molecule has 202 valence electrons. The second-order valence-electron chi connectivity index (χ2n) is 9.66. The molecule has 0 spiro atoms. The van der Waals surface area contributed by atoms with E-state index in [0.717, 1.165) is 29.5 Å². The normalized spacial score (nSPS) is 13.2. The Hall–Kier alpha value is -3.87. The number of carbonyl (C=O) groups excluding carboxylic acids is 2. The molecule has 3 aromatic rings. The van der Waals surface area contributed by atoms with Gasteiger partial charge in [-0.1, -0.05) is 75.7 Å². The van der Waals surface area contributed by atoms with Crippen molar-refractivity contribution in [2.24, 2.45) is 5.92 Å². The Morgan fingerprint density at radius 2 is 1.71 bits per heavy atom. The predicted molar refractivity (Wildman–Crippen MR) is 149 cm³/mol. The first-order valence-corrected chi connectivity index (χ1v) is 13.4. The molecule has 38 heavy (non-hydrogen) atoms. The fourth-order valence-electron chi connectivity index (χ4n) is 4.23. The van der Waals surface area contributed by atoms with E-state index >= 15 is 0 Å². The number of nitrogens with one attached hydrogen (secondary N) is 2. The quantitative estimate of drug-likeness (QED) is 0.280. The largest absolute Gasteiger partial charge is 0.504 e. The molecule has 0 saturated heterocycles. The molecule has 0 saturated carbocycles. The van der Waals surface area contributed by atoms with Crippen LogP contribution in [0.2, 0.25) is 0 Å². The Kier molecular flexibility index (Phi) is 11.1. The smallest absolute Gasteiger partial charge is 0.243 e. The number of hydrogen-bond donors (Lipinski definition) is 3. The fourth-order valence-corrected chi connectivity index (χ4v) is 4.23. The van der Waals surface area contributed by atoms with Crippen LogP contribution in [0.4, 0.5) is 0 Å². The number of phenolic OH excluding ortho intramolecular Hbond substituents is 1. The molecule has 0 aliphatic rings. The van der Waals surface area contributed by atoms with Gasteiger partial charge in [-0.3, -0.25) is 14.6 Å². The van der Waals surface area contributed by atoms with Crippen molar-refractivity contribution in [3.63, 3.8) is 0 Å². The maximum Gasteiger partial charge on any atom is 0.243 e. The van der Waals surface area contributed by atoms with Gasteiger partial charge in [-0.2, -0.15) is 0 Å². The molecular weight excluding hydrogens is 478 g/mol. The number of pyridine rings is 1. The minimum absolute atomic E-state index is 0.0205. The van der Waals surface area contributed by atoms with E-state index < -0.39 is 6.04 Å². The van der Waals surface area contributed by atoms with Gasteiger partial charge < -0.3 is 20.5 Å². The lowest BCUT2D eigenvalue weighted by Crippen LogP contribution is -2.52. The number of aromatic hydroxyl groups is 1. The highest BCUT2D eigenvalue weighted by molar-refractivity contribution is 5.88. The number of benzene rings is 2. The van der Waals surface area contributed by atoms with Crippen molar-refractivity contribution in [3.8, 4) is 11.5 Å². The average Bonchev–Trinajstić information content (AvgIpc) is 2.94. The van der Waals surface area contributed by atoms with Crippen LogP contribution in [0.15, 0.2) is 73.1 Å². The maximum atomic E-state index is 13.2. The van der Waals surface area contributed by atoms with Crippen molar-refractivity contribution in [3.05, 3.63) is 89.7 Å². The van der Waals surface area contributed by atoms with E-state index in [1.807, 2.05) is 69.3 Å². The Bertz CT molecular complexity index is 1150. The molecule has 1 heterocycles. The lowest BCUT2D eigenvalue weighted by molar-refractivity contribution is -0.130. The number of aromatic nitrogens is 1. The van der Waals surface area contributed by atoms with Crippen LogP contribution in [0.1, 0.15) is 56.7 Å². The molecule has 2 amide bonds. The number of hydrogen-bond acceptors (Lipinski definition) is 5. The molecule has 0 bridgehead atoms. The first-order chi connectivity index (χ1) is 18.4. The molecule has 1 aromatic heterocycles. The zero-order valence-corrected chi connectivity index (χ0v) is 22.5. The standard InChI is InChI=1S/C31H39N3O4/c1-4-22(3)29(34-28(35)19-24-13-10-18-32-20-24)31(37)33-26(5-2)17-16-25-14-9-15-27(30(25)36)38-21-23-11-7-6-8-12-23/h6-15,18,20,22,26,29,36H,4-5,16-17,19,21H2,1-3H3,(H,33,37)(H,34,35)/t22?,26?,29-/m0/s1. The third-order valence-electron chi connectivity index (χ3n) is 6.82. The summed E-state index contributed by atoms with van der Waals surface area (Å²) in [6.45, 7) is 6.36. The lowest BCUT2D eigenvalue weighted by Gasteiger charge is -2.26. The van der Waals surface area contributed by atoms with E-state index in [-0.39, 0.29) is 35.9 Å². The second-order valence-corrected chi connectivity index (χ2v) is 9.66. The van der Waals surface area contributed by atoms with Crippen LogP contribution in [0.5, 0.6) is 11.5 Å². The highest BCUT2D eigenvalue weighted by atomic mass is 16.5. The van der Waals surface area contributed by atoms with Crippen LogP contribution >= 0.6 is 0 Å². The monoisotopic (exact) mass is 517 g/mol. The molecule has 3 atom stereocenters. The molecule has 3 rings (SSSR count). The van der Waals surface area contributed by atoms with Crippen LogP contribution in [-0.4, -0.2) is 34.0 Å². The van der Waals surface area contributed by atoms with Gasteiger partial charge in [-0.25, -0.2) is 0 Å². The first-order valence-electron chi connectivity index (χ1n) is 13.4. The zero-order chi connectivity index (χ0) is 27.3. The predicted octanol–water partition coefficient (Wildman–Crippen LogP) is 4.97. The molecular formula is C31H39N3O4. The number of ether oxygens (including phenoxy) is 1. The van der Waals surface area contributed by atoms with Gasteiger partial charge in [0.05, 0.1) is 6.42 Å². The van der Waals surface area contributed by atoms with Gasteiger partial charge in [0.15, 0.2) is 11.5 Å². The van der Waals surface area contributed by atoms with Gasteiger partial charge in [0.25, 0.3) is 0 Å². The van der Waals surface area contributed by atoms with Crippen LogP contribution < -0.4 is 15.4 Å². The summed E-state index contributed by atoms with van der Waals surface area (Å²) in [5.74, 6) is 0.160. The summed E-state index contributed by atoms with van der Waals surface area (Å²) in [5.41, 5.74) is 2.59. The molecule has 3 N–H and O–H groups in total. The summed E-state index contributed by atoms with van der Waals surface area (Å²) >= 11 is 0. The summed E-state index contributed by atoms with van der Waals surface area (Å²) < 4.78 is 5.85.